The van der Waals surface area contributed by atoms with Crippen molar-refractivity contribution in [3.05, 3.63) is 58.7 Å². The molecule has 3 atom stereocenters. The molecular weight excluding hydrogens is 493 g/mol. The van der Waals surface area contributed by atoms with Crippen LogP contribution >= 0.6 is 0 Å². The molecule has 1 N–H and O–H groups in total. The molecule has 0 aromatic heterocycles. The Balaban J connectivity index is 3.11. The van der Waals surface area contributed by atoms with E-state index < -0.39 is 59.3 Å². The summed E-state index contributed by atoms with van der Waals surface area (Å²) in [6, 6.07) is 3.81. The van der Waals surface area contributed by atoms with Gasteiger partial charge in [0.2, 0.25) is 5.76 Å². The molecular formula is C26H33F3N2O6. The second-order valence-electron chi connectivity index (χ2n) is 8.48. The van der Waals surface area contributed by atoms with Crippen LogP contribution in [0.15, 0.2) is 52.5 Å². The predicted octanol–water partition coefficient (Wildman–Crippen LogP) is 4.91. The number of allylic oxidation sites excluding steroid dienone is 1. The normalized spacial score (nSPS) is 15.2. The summed E-state index contributed by atoms with van der Waals surface area (Å²) in [5, 5.41) is 2.38. The molecule has 0 unspecified atom stereocenters. The van der Waals surface area contributed by atoms with Crippen molar-refractivity contribution in [3.63, 3.8) is 0 Å². The van der Waals surface area contributed by atoms with Gasteiger partial charge in [-0.05, 0) is 45.2 Å². The third-order valence-corrected chi connectivity index (χ3v) is 5.43. The van der Waals surface area contributed by atoms with Crippen molar-refractivity contribution in [2.24, 2.45) is 10.9 Å². The average molecular weight is 527 g/mol. The van der Waals surface area contributed by atoms with Crippen LogP contribution in [-0.2, 0) is 34.8 Å². The summed E-state index contributed by atoms with van der Waals surface area (Å²) in [6.45, 7) is 12.4. The molecule has 1 amide bonds. The minimum Gasteiger partial charge on any atom is -0.493 e. The van der Waals surface area contributed by atoms with Crippen LogP contribution in [0.1, 0.15) is 58.6 Å². The predicted molar refractivity (Wildman–Crippen MR) is 131 cm³/mol. The zero-order valence-electron chi connectivity index (χ0n) is 21.9. The molecule has 204 valence electrons. The number of amides is 1. The van der Waals surface area contributed by atoms with E-state index in [0.717, 1.165) is 6.07 Å². The maximum atomic E-state index is 13.4. The minimum atomic E-state index is -4.57. The molecule has 0 saturated heterocycles. The smallest absolute Gasteiger partial charge is 0.416 e. The number of methoxy groups -OCH3 is 1. The maximum Gasteiger partial charge on any atom is 0.416 e. The Kier molecular flexibility index (Phi) is 11.6. The summed E-state index contributed by atoms with van der Waals surface area (Å²) in [7, 11) is 1.30. The summed E-state index contributed by atoms with van der Waals surface area (Å²) in [5.74, 6) is -4.04. The van der Waals surface area contributed by atoms with Gasteiger partial charge in [-0.3, -0.25) is 14.6 Å². The molecule has 37 heavy (non-hydrogen) atoms. The standard InChI is InChI=1S/C26H33F3N2O6/c1-9-20(35-8)22(37-24(33)14(2)3)21(30-7)23(32)31-16(5)25(34)36-17(6)15(4)18-12-10-11-13-19(18)26(27,28)29/h9-17H,7H2,1-6,8H3,(H,31,32)/b20-9+,22-21+/t15-,16+,17+/m1/s1. The van der Waals surface area contributed by atoms with E-state index in [4.69, 9.17) is 14.2 Å². The third-order valence-electron chi connectivity index (χ3n) is 5.43. The van der Waals surface area contributed by atoms with E-state index in [0.29, 0.717) is 0 Å². The van der Waals surface area contributed by atoms with Gasteiger partial charge < -0.3 is 19.5 Å². The van der Waals surface area contributed by atoms with Crippen LogP contribution in [0.3, 0.4) is 0 Å². The summed E-state index contributed by atoms with van der Waals surface area (Å²) in [4.78, 5) is 41.4. The third kappa shape index (κ3) is 8.47. The first kappa shape index (κ1) is 31.4. The van der Waals surface area contributed by atoms with E-state index in [9.17, 15) is 27.6 Å². The number of hydrogen-bond acceptors (Lipinski definition) is 7. The van der Waals surface area contributed by atoms with Crippen LogP contribution in [0.4, 0.5) is 13.2 Å². The van der Waals surface area contributed by atoms with E-state index in [-0.39, 0.29) is 17.1 Å². The quantitative estimate of drug-likeness (QED) is 0.145. The molecule has 8 nitrogen and oxygen atoms in total. The van der Waals surface area contributed by atoms with Crippen molar-refractivity contribution >= 4 is 24.6 Å². The molecule has 11 heteroatoms. The maximum absolute atomic E-state index is 13.4. The van der Waals surface area contributed by atoms with E-state index in [2.05, 4.69) is 17.0 Å². The number of alkyl halides is 3. The van der Waals surface area contributed by atoms with E-state index in [1.165, 1.54) is 52.2 Å². The number of halogens is 3. The summed E-state index contributed by atoms with van der Waals surface area (Å²) in [5.41, 5.74) is -1.26. The number of hydrogen-bond donors (Lipinski definition) is 1. The number of rotatable bonds is 11. The average Bonchev–Trinajstić information content (AvgIpc) is 2.83. The van der Waals surface area contributed by atoms with Crippen LogP contribution in [0, 0.1) is 5.92 Å². The van der Waals surface area contributed by atoms with Gasteiger partial charge in [0.05, 0.1) is 18.6 Å². The van der Waals surface area contributed by atoms with Gasteiger partial charge >= 0.3 is 18.1 Å². The summed E-state index contributed by atoms with van der Waals surface area (Å²) in [6.07, 6.45) is -4.07. The Bertz CT molecular complexity index is 1060. The first-order valence-corrected chi connectivity index (χ1v) is 11.5. The lowest BCUT2D eigenvalue weighted by molar-refractivity contribution is -0.152. The molecule has 0 bridgehead atoms. The fourth-order valence-corrected chi connectivity index (χ4v) is 3.14. The van der Waals surface area contributed by atoms with E-state index in [1.807, 2.05) is 0 Å². The van der Waals surface area contributed by atoms with Crippen molar-refractivity contribution in [1.29, 1.82) is 0 Å². The highest BCUT2D eigenvalue weighted by molar-refractivity contribution is 5.97. The van der Waals surface area contributed by atoms with Crippen molar-refractivity contribution < 1.29 is 41.8 Å². The largest absolute Gasteiger partial charge is 0.493 e. The van der Waals surface area contributed by atoms with Crippen LogP contribution in [0.5, 0.6) is 0 Å². The fourth-order valence-electron chi connectivity index (χ4n) is 3.14. The second-order valence-corrected chi connectivity index (χ2v) is 8.48. The highest BCUT2D eigenvalue weighted by Crippen LogP contribution is 2.36. The van der Waals surface area contributed by atoms with Gasteiger partial charge in [0, 0.05) is 5.92 Å². The fraction of sp³-hybridized carbons (Fsp3) is 0.462. The molecule has 0 fully saturated rings. The number of carbonyl (C=O) groups is 3. The molecule has 0 spiro atoms. The first-order valence-electron chi connectivity index (χ1n) is 11.5. The molecule has 1 aromatic rings. The number of nitrogens with one attached hydrogen (secondary N) is 1. The molecule has 1 rings (SSSR count). The number of aliphatic imine (C=N–C) groups is 1. The Morgan fingerprint density at radius 1 is 1.05 bits per heavy atom. The molecule has 0 aliphatic heterocycles. The van der Waals surface area contributed by atoms with Gasteiger partial charge in [-0.25, -0.2) is 4.79 Å². The zero-order valence-corrected chi connectivity index (χ0v) is 21.9. The number of benzene rings is 1. The highest BCUT2D eigenvalue weighted by Gasteiger charge is 2.36. The Labute approximate surface area is 214 Å². The Morgan fingerprint density at radius 3 is 2.14 bits per heavy atom. The summed E-state index contributed by atoms with van der Waals surface area (Å²) < 4.78 is 56.0. The van der Waals surface area contributed by atoms with Gasteiger partial charge in [0.15, 0.2) is 11.5 Å². The topological polar surface area (TPSA) is 103 Å². The number of esters is 2. The lowest BCUT2D eigenvalue weighted by atomic mass is 9.91. The SMILES string of the molecule is C=N/C(C(=O)N[C@@H](C)C(=O)O[C@@H](C)[C@@H](C)c1ccccc1C(F)(F)F)=C(OC(=O)C(C)C)\C(=C/C)OC. The van der Waals surface area contributed by atoms with Crippen LogP contribution in [-0.4, -0.2) is 43.8 Å². The van der Waals surface area contributed by atoms with Crippen LogP contribution in [0.25, 0.3) is 0 Å². The molecule has 0 saturated carbocycles. The first-order chi connectivity index (χ1) is 17.2. The Morgan fingerprint density at radius 2 is 1.65 bits per heavy atom. The van der Waals surface area contributed by atoms with Gasteiger partial charge in [0.25, 0.3) is 5.91 Å². The molecule has 0 radical (unpaired) electrons. The van der Waals surface area contributed by atoms with Gasteiger partial charge in [-0.1, -0.05) is 39.0 Å². The van der Waals surface area contributed by atoms with E-state index in [1.54, 1.807) is 20.8 Å². The molecule has 1 aromatic carbocycles. The zero-order chi connectivity index (χ0) is 28.5. The summed E-state index contributed by atoms with van der Waals surface area (Å²) >= 11 is 0. The van der Waals surface area contributed by atoms with Crippen LogP contribution < -0.4 is 5.32 Å². The highest BCUT2D eigenvalue weighted by atomic mass is 19.4. The van der Waals surface area contributed by atoms with Crippen molar-refractivity contribution in [2.75, 3.05) is 7.11 Å². The molecule has 0 heterocycles. The minimum absolute atomic E-state index is 0.0249. The van der Waals surface area contributed by atoms with Crippen molar-refractivity contribution in [2.45, 2.75) is 65.8 Å². The Hall–Kier alpha value is -3.63. The monoisotopic (exact) mass is 526 g/mol. The van der Waals surface area contributed by atoms with Gasteiger partial charge in [-0.2, -0.15) is 13.2 Å². The molecule has 0 aliphatic carbocycles. The lowest BCUT2D eigenvalue weighted by Gasteiger charge is -2.25. The van der Waals surface area contributed by atoms with Crippen molar-refractivity contribution in [1.82, 2.24) is 5.32 Å². The number of nitrogens with zero attached hydrogens (tertiary/aromatic N) is 1. The molecule has 0 aliphatic rings. The van der Waals surface area contributed by atoms with E-state index >= 15 is 0 Å². The van der Waals surface area contributed by atoms with Crippen LogP contribution in [0.2, 0.25) is 0 Å². The second kappa shape index (κ2) is 13.6. The van der Waals surface area contributed by atoms with Gasteiger partial charge in [0.1, 0.15) is 12.1 Å². The van der Waals surface area contributed by atoms with Gasteiger partial charge in [-0.15, -0.1) is 0 Å². The number of ether oxygens (including phenoxy) is 3. The van der Waals surface area contributed by atoms with Crippen molar-refractivity contribution in [3.8, 4) is 0 Å². The lowest BCUT2D eigenvalue weighted by Crippen LogP contribution is -2.42. The number of carbonyl (C=O) groups excluding carboxylic acids is 3.